The second-order valence-electron chi connectivity index (χ2n) is 10.5. The number of piperidine rings is 1. The van der Waals surface area contributed by atoms with E-state index in [9.17, 15) is 31.5 Å². The van der Waals surface area contributed by atoms with E-state index in [4.69, 9.17) is 9.15 Å². The van der Waals surface area contributed by atoms with Crippen LogP contribution in [0.3, 0.4) is 0 Å². The number of aromatic nitrogens is 1. The third-order valence-corrected chi connectivity index (χ3v) is 6.15. The van der Waals surface area contributed by atoms with Crippen LogP contribution in [-0.2, 0) is 17.5 Å². The van der Waals surface area contributed by atoms with E-state index in [0.717, 1.165) is 6.07 Å². The Morgan fingerprint density at radius 2 is 1.75 bits per heavy atom. The Morgan fingerprint density at radius 3 is 2.35 bits per heavy atom. The molecule has 12 heteroatoms. The Morgan fingerprint density at radius 1 is 1.05 bits per heavy atom. The maximum atomic E-state index is 14.0. The maximum absolute atomic E-state index is 14.0. The molecule has 1 saturated heterocycles. The molecular formula is C28H28F5N3O4. The number of ether oxygens (including phenoxy) is 1. The zero-order valence-electron chi connectivity index (χ0n) is 22.1. The Labute approximate surface area is 227 Å². The van der Waals surface area contributed by atoms with E-state index in [2.05, 4.69) is 10.3 Å². The van der Waals surface area contributed by atoms with Crippen molar-refractivity contribution in [2.45, 2.75) is 57.9 Å². The van der Waals surface area contributed by atoms with Crippen LogP contribution >= 0.6 is 0 Å². The number of pyridine rings is 1. The van der Waals surface area contributed by atoms with Crippen molar-refractivity contribution in [3.05, 3.63) is 65.5 Å². The van der Waals surface area contributed by atoms with Crippen LogP contribution in [0.25, 0.3) is 22.6 Å². The van der Waals surface area contributed by atoms with Crippen LogP contribution in [0.4, 0.5) is 26.7 Å². The molecule has 0 spiro atoms. The van der Waals surface area contributed by atoms with Gasteiger partial charge in [0.1, 0.15) is 17.1 Å². The molecule has 4 rings (SSSR count). The fourth-order valence-electron chi connectivity index (χ4n) is 4.15. The van der Waals surface area contributed by atoms with E-state index < -0.39 is 48.1 Å². The van der Waals surface area contributed by atoms with Gasteiger partial charge >= 0.3 is 12.3 Å². The minimum atomic E-state index is -4.72. The van der Waals surface area contributed by atoms with Crippen LogP contribution < -0.4 is 5.32 Å². The van der Waals surface area contributed by atoms with Crippen molar-refractivity contribution in [3.63, 3.8) is 0 Å². The summed E-state index contributed by atoms with van der Waals surface area (Å²) in [4.78, 5) is 30.0. The summed E-state index contributed by atoms with van der Waals surface area (Å²) in [6, 6.07) is 9.31. The van der Waals surface area contributed by atoms with Crippen molar-refractivity contribution in [2.24, 2.45) is 0 Å². The first-order chi connectivity index (χ1) is 18.6. The molecule has 40 heavy (non-hydrogen) atoms. The molecule has 2 amide bonds. The number of halogens is 5. The Bertz CT molecular complexity index is 1370. The lowest BCUT2D eigenvalue weighted by atomic mass is 9.99. The number of alkyl halides is 5. The molecule has 0 bridgehead atoms. The number of hydrogen-bond donors (Lipinski definition) is 1. The predicted molar refractivity (Wildman–Crippen MR) is 136 cm³/mol. The number of alkyl carbamates (subject to hydrolysis) is 1. The average molecular weight is 566 g/mol. The quantitative estimate of drug-likeness (QED) is 0.340. The van der Waals surface area contributed by atoms with Gasteiger partial charge in [-0.15, -0.1) is 0 Å². The molecule has 0 aliphatic carbocycles. The first kappa shape index (κ1) is 29.0. The number of nitrogens with one attached hydrogen (secondary N) is 1. The lowest BCUT2D eigenvalue weighted by Gasteiger charge is -2.31. The van der Waals surface area contributed by atoms with Crippen LogP contribution in [0, 0.1) is 0 Å². The summed E-state index contributed by atoms with van der Waals surface area (Å²) in [6.07, 6.45) is -5.03. The fraction of sp³-hybridized carbons (Fsp3) is 0.393. The van der Waals surface area contributed by atoms with E-state index in [1.54, 1.807) is 20.8 Å². The van der Waals surface area contributed by atoms with Gasteiger partial charge in [0, 0.05) is 43.3 Å². The van der Waals surface area contributed by atoms with Crippen LogP contribution in [0.2, 0.25) is 0 Å². The molecule has 7 nitrogen and oxygen atoms in total. The van der Waals surface area contributed by atoms with E-state index in [-0.39, 0.29) is 53.5 Å². The number of nitrogens with zero attached hydrogens (tertiary/aromatic N) is 2. The van der Waals surface area contributed by atoms with Gasteiger partial charge in [-0.3, -0.25) is 9.78 Å². The van der Waals surface area contributed by atoms with Gasteiger partial charge in [-0.2, -0.15) is 13.2 Å². The average Bonchev–Trinajstić information content (AvgIpc) is 3.34. The van der Waals surface area contributed by atoms with Gasteiger partial charge in [-0.25, -0.2) is 13.6 Å². The highest BCUT2D eigenvalue weighted by atomic mass is 19.4. The minimum absolute atomic E-state index is 0.0409. The first-order valence-corrected chi connectivity index (χ1v) is 12.5. The van der Waals surface area contributed by atoms with Gasteiger partial charge in [0.2, 0.25) is 0 Å². The molecule has 1 N–H and O–H groups in total. The molecule has 214 valence electrons. The molecule has 1 aromatic carbocycles. The van der Waals surface area contributed by atoms with E-state index >= 15 is 0 Å². The first-order valence-electron chi connectivity index (χ1n) is 12.5. The molecule has 0 atom stereocenters. The third-order valence-electron chi connectivity index (χ3n) is 6.15. The van der Waals surface area contributed by atoms with Gasteiger partial charge in [-0.1, -0.05) is 6.07 Å². The summed E-state index contributed by atoms with van der Waals surface area (Å²) >= 11 is 0. The number of hydrogen-bond acceptors (Lipinski definition) is 5. The third kappa shape index (κ3) is 7.16. The Kier molecular flexibility index (Phi) is 7.91. The molecule has 2 aromatic heterocycles. The van der Waals surface area contributed by atoms with E-state index in [1.807, 2.05) is 0 Å². The Balaban J connectivity index is 1.51. The van der Waals surface area contributed by atoms with Crippen molar-refractivity contribution in [1.82, 2.24) is 15.2 Å². The maximum Gasteiger partial charge on any atom is 0.417 e. The standard InChI is InChI=1S/C28H28F5N3O4/c1-26(2,3)40-25(38)35-16-19-6-9-23(39-19)20-7-4-17(14-21(20)28(31,32)33)22-8-5-18(15-34-22)24(37)36-12-10-27(29,30)11-13-36/h4-9,14-15H,10-13,16H2,1-3H3,(H,35,38). The zero-order valence-corrected chi connectivity index (χ0v) is 22.1. The number of carbonyl (C=O) groups excluding carboxylic acids is 2. The molecule has 3 aromatic rings. The van der Waals surface area contributed by atoms with Gasteiger partial charge < -0.3 is 19.4 Å². The lowest BCUT2D eigenvalue weighted by Crippen LogP contribution is -2.42. The zero-order chi connectivity index (χ0) is 29.3. The van der Waals surface area contributed by atoms with E-state index in [0.29, 0.717) is 0 Å². The molecule has 0 radical (unpaired) electrons. The summed E-state index contributed by atoms with van der Waals surface area (Å²) in [6.45, 7) is 4.84. The van der Waals surface area contributed by atoms with Crippen LogP contribution in [-0.4, -0.2) is 46.5 Å². The Hall–Kier alpha value is -3.96. The molecular weight excluding hydrogens is 537 g/mol. The summed E-state index contributed by atoms with van der Waals surface area (Å²) in [5, 5.41) is 2.49. The molecule has 3 heterocycles. The largest absolute Gasteiger partial charge is 0.459 e. The summed E-state index contributed by atoms with van der Waals surface area (Å²) < 4.78 is 79.6. The summed E-state index contributed by atoms with van der Waals surface area (Å²) in [5.41, 5.74) is -1.35. The number of amides is 2. The van der Waals surface area contributed by atoms with Crippen molar-refractivity contribution < 1.29 is 40.7 Å². The number of furan rings is 1. The molecule has 1 aliphatic rings. The molecule has 0 saturated carbocycles. The van der Waals surface area contributed by atoms with Gasteiger partial charge in [-0.05, 0) is 57.2 Å². The van der Waals surface area contributed by atoms with Crippen molar-refractivity contribution in [2.75, 3.05) is 13.1 Å². The number of rotatable bonds is 5. The highest BCUT2D eigenvalue weighted by Crippen LogP contribution is 2.40. The van der Waals surface area contributed by atoms with Crippen molar-refractivity contribution >= 4 is 12.0 Å². The second-order valence-corrected chi connectivity index (χ2v) is 10.5. The number of likely N-dealkylation sites (tertiary alicyclic amines) is 1. The lowest BCUT2D eigenvalue weighted by molar-refractivity contribution is -0.137. The van der Waals surface area contributed by atoms with Crippen molar-refractivity contribution in [1.29, 1.82) is 0 Å². The monoisotopic (exact) mass is 565 g/mol. The molecule has 0 unspecified atom stereocenters. The van der Waals surface area contributed by atoms with Crippen LogP contribution in [0.15, 0.2) is 53.1 Å². The molecule has 1 fully saturated rings. The van der Waals surface area contributed by atoms with Gasteiger partial charge in [0.15, 0.2) is 0 Å². The van der Waals surface area contributed by atoms with Crippen molar-refractivity contribution in [3.8, 4) is 22.6 Å². The summed E-state index contributed by atoms with van der Waals surface area (Å²) in [7, 11) is 0. The predicted octanol–water partition coefficient (Wildman–Crippen LogP) is 6.92. The van der Waals surface area contributed by atoms with Crippen LogP contribution in [0.5, 0.6) is 0 Å². The number of carbonyl (C=O) groups is 2. The number of benzene rings is 1. The highest BCUT2D eigenvalue weighted by molar-refractivity contribution is 5.94. The second kappa shape index (κ2) is 10.9. The minimum Gasteiger partial charge on any atom is -0.459 e. The van der Waals surface area contributed by atoms with E-state index in [1.165, 1.54) is 47.5 Å². The topological polar surface area (TPSA) is 84.7 Å². The smallest absolute Gasteiger partial charge is 0.417 e. The molecule has 1 aliphatic heterocycles. The summed E-state index contributed by atoms with van der Waals surface area (Å²) in [5.74, 6) is -3.07. The van der Waals surface area contributed by atoms with Crippen LogP contribution in [0.1, 0.15) is 55.3 Å². The normalized spacial score (nSPS) is 15.6. The fourth-order valence-corrected chi connectivity index (χ4v) is 4.15. The SMILES string of the molecule is CC(C)(C)OC(=O)NCc1ccc(-c2ccc(-c3ccc(C(=O)N4CCC(F)(F)CC4)cn3)cc2C(F)(F)F)o1. The van der Waals surface area contributed by atoms with Gasteiger partial charge in [0.05, 0.1) is 23.4 Å². The highest BCUT2D eigenvalue weighted by Gasteiger charge is 2.36. The van der Waals surface area contributed by atoms with Gasteiger partial charge in [0.25, 0.3) is 11.8 Å².